The van der Waals surface area contributed by atoms with E-state index in [1.54, 1.807) is 18.6 Å². The minimum Gasteiger partial charge on any atom is -0.398 e. The molecule has 1 aromatic carbocycles. The summed E-state index contributed by atoms with van der Waals surface area (Å²) in [6.07, 6.45) is 7.25. The van der Waals surface area contributed by atoms with Gasteiger partial charge in [0.05, 0.1) is 0 Å². The van der Waals surface area contributed by atoms with Crippen molar-refractivity contribution < 1.29 is 0 Å². The maximum atomic E-state index is 6.08. The van der Waals surface area contributed by atoms with Crippen molar-refractivity contribution in [3.8, 4) is 11.1 Å². The molecule has 18 heavy (non-hydrogen) atoms. The number of benzene rings is 1. The van der Waals surface area contributed by atoms with Gasteiger partial charge in [0.15, 0.2) is 0 Å². The average molecular weight is 235 g/mol. The molecule has 2 N–H and O–H groups in total. The van der Waals surface area contributed by atoms with E-state index in [0.717, 1.165) is 27.6 Å². The molecule has 0 aliphatic heterocycles. The van der Waals surface area contributed by atoms with E-state index < -0.39 is 0 Å². The van der Waals surface area contributed by atoms with Crippen LogP contribution in [-0.4, -0.2) is 9.97 Å². The van der Waals surface area contributed by atoms with Crippen LogP contribution in [0.4, 0.5) is 5.69 Å². The molecule has 0 spiro atoms. The zero-order valence-corrected chi connectivity index (χ0v) is 10.1. The molecular weight excluding hydrogens is 222 g/mol. The van der Waals surface area contributed by atoms with Gasteiger partial charge < -0.3 is 5.73 Å². The van der Waals surface area contributed by atoms with Gasteiger partial charge in [0, 0.05) is 41.4 Å². The second-order valence-electron chi connectivity index (χ2n) is 4.35. The Morgan fingerprint density at radius 1 is 1.00 bits per heavy atom. The molecule has 0 fully saturated rings. The van der Waals surface area contributed by atoms with Crippen LogP contribution in [0.1, 0.15) is 5.56 Å². The molecule has 3 nitrogen and oxygen atoms in total. The first-order valence-corrected chi connectivity index (χ1v) is 5.80. The van der Waals surface area contributed by atoms with E-state index in [-0.39, 0.29) is 0 Å². The summed E-state index contributed by atoms with van der Waals surface area (Å²) in [5.41, 5.74) is 10.2. The topological polar surface area (TPSA) is 51.8 Å². The van der Waals surface area contributed by atoms with E-state index in [9.17, 15) is 0 Å². The van der Waals surface area contributed by atoms with Crippen molar-refractivity contribution in [3.05, 3.63) is 54.6 Å². The van der Waals surface area contributed by atoms with Crippen molar-refractivity contribution in [3.63, 3.8) is 0 Å². The molecule has 88 valence electrons. The number of nitrogen functional groups attached to an aromatic ring is 1. The molecule has 0 saturated heterocycles. The van der Waals surface area contributed by atoms with E-state index in [1.165, 1.54) is 5.56 Å². The fraction of sp³-hybridized carbons (Fsp3) is 0.0667. The quantitative estimate of drug-likeness (QED) is 0.659. The van der Waals surface area contributed by atoms with E-state index in [1.807, 2.05) is 24.4 Å². The first-order chi connectivity index (χ1) is 8.75. The van der Waals surface area contributed by atoms with Crippen molar-refractivity contribution in [2.24, 2.45) is 0 Å². The van der Waals surface area contributed by atoms with Gasteiger partial charge >= 0.3 is 0 Å². The minimum atomic E-state index is 0.749. The Balaban J connectivity index is 2.28. The van der Waals surface area contributed by atoms with Gasteiger partial charge in [-0.15, -0.1) is 0 Å². The van der Waals surface area contributed by atoms with Crippen molar-refractivity contribution in [2.45, 2.75) is 6.92 Å². The second kappa shape index (κ2) is 4.11. The van der Waals surface area contributed by atoms with Crippen molar-refractivity contribution in [1.29, 1.82) is 0 Å². The summed E-state index contributed by atoms with van der Waals surface area (Å²) in [5.74, 6) is 0. The summed E-state index contributed by atoms with van der Waals surface area (Å²) in [6, 6.07) is 8.08. The molecule has 0 bridgehead atoms. The first kappa shape index (κ1) is 10.7. The molecule has 3 rings (SSSR count). The Kier molecular flexibility index (Phi) is 2.45. The monoisotopic (exact) mass is 235 g/mol. The van der Waals surface area contributed by atoms with Crippen molar-refractivity contribution >= 4 is 16.5 Å². The lowest BCUT2D eigenvalue weighted by atomic mass is 9.99. The maximum Gasteiger partial charge on any atom is 0.0415 e. The maximum absolute atomic E-state index is 6.08. The van der Waals surface area contributed by atoms with Crippen LogP contribution in [0.2, 0.25) is 0 Å². The fourth-order valence-electron chi connectivity index (χ4n) is 2.15. The SMILES string of the molecule is Cc1ccncc1-c1cc(N)c2cnccc2c1. The third kappa shape index (κ3) is 1.70. The summed E-state index contributed by atoms with van der Waals surface area (Å²) >= 11 is 0. The van der Waals surface area contributed by atoms with Crippen LogP contribution < -0.4 is 5.73 Å². The third-order valence-corrected chi connectivity index (χ3v) is 3.14. The van der Waals surface area contributed by atoms with E-state index in [4.69, 9.17) is 5.73 Å². The van der Waals surface area contributed by atoms with Crippen LogP contribution in [0, 0.1) is 6.92 Å². The number of nitrogens with two attached hydrogens (primary N) is 1. The highest BCUT2D eigenvalue weighted by molar-refractivity contribution is 5.96. The molecular formula is C15H13N3. The number of rotatable bonds is 1. The van der Waals surface area contributed by atoms with Crippen LogP contribution in [-0.2, 0) is 0 Å². The average Bonchev–Trinajstić information content (AvgIpc) is 2.39. The third-order valence-electron chi connectivity index (χ3n) is 3.14. The van der Waals surface area contributed by atoms with Gasteiger partial charge in [-0.3, -0.25) is 9.97 Å². The number of fused-ring (bicyclic) bond motifs is 1. The van der Waals surface area contributed by atoms with Gasteiger partial charge in [-0.2, -0.15) is 0 Å². The van der Waals surface area contributed by atoms with Crippen molar-refractivity contribution in [1.82, 2.24) is 9.97 Å². The molecule has 0 aliphatic rings. The molecule has 3 aromatic rings. The van der Waals surface area contributed by atoms with E-state index in [2.05, 4.69) is 23.0 Å². The van der Waals surface area contributed by atoms with Gasteiger partial charge in [-0.25, -0.2) is 0 Å². The smallest absolute Gasteiger partial charge is 0.0415 e. The summed E-state index contributed by atoms with van der Waals surface area (Å²) in [4.78, 5) is 8.28. The zero-order chi connectivity index (χ0) is 12.5. The Labute approximate surface area is 105 Å². The molecule has 0 saturated carbocycles. The Morgan fingerprint density at radius 3 is 2.61 bits per heavy atom. The summed E-state index contributed by atoms with van der Waals surface area (Å²) in [7, 11) is 0. The highest BCUT2D eigenvalue weighted by atomic mass is 14.6. The standard InChI is InChI=1S/C15H13N3/c1-10-2-4-17-8-13(10)12-6-11-3-5-18-9-14(11)15(16)7-12/h2-9H,16H2,1H3. The molecule has 2 heterocycles. The Morgan fingerprint density at radius 2 is 1.78 bits per heavy atom. The number of nitrogens with zero attached hydrogens (tertiary/aromatic N) is 2. The predicted octanol–water partition coefficient (Wildman–Crippen LogP) is 3.19. The lowest BCUT2D eigenvalue weighted by Crippen LogP contribution is -1.91. The van der Waals surface area contributed by atoms with Crippen LogP contribution in [0.3, 0.4) is 0 Å². The largest absolute Gasteiger partial charge is 0.398 e. The van der Waals surface area contributed by atoms with Gasteiger partial charge in [0.2, 0.25) is 0 Å². The van der Waals surface area contributed by atoms with E-state index >= 15 is 0 Å². The van der Waals surface area contributed by atoms with Crippen LogP contribution in [0.15, 0.2) is 49.1 Å². The zero-order valence-electron chi connectivity index (χ0n) is 10.1. The molecule has 0 atom stereocenters. The van der Waals surface area contributed by atoms with Gasteiger partial charge in [0.1, 0.15) is 0 Å². The molecule has 0 radical (unpaired) electrons. The highest BCUT2D eigenvalue weighted by Crippen LogP contribution is 2.29. The summed E-state index contributed by atoms with van der Waals surface area (Å²) in [5, 5.41) is 2.09. The Hall–Kier alpha value is -2.42. The fourth-order valence-corrected chi connectivity index (χ4v) is 2.15. The number of pyridine rings is 2. The summed E-state index contributed by atoms with van der Waals surface area (Å²) < 4.78 is 0. The highest BCUT2D eigenvalue weighted by Gasteiger charge is 2.05. The number of aryl methyl sites for hydroxylation is 1. The number of anilines is 1. The lowest BCUT2D eigenvalue weighted by Gasteiger charge is -2.08. The van der Waals surface area contributed by atoms with Crippen molar-refractivity contribution in [2.75, 3.05) is 5.73 Å². The lowest BCUT2D eigenvalue weighted by molar-refractivity contribution is 1.29. The number of aromatic nitrogens is 2. The predicted molar refractivity (Wildman–Crippen MR) is 74.1 cm³/mol. The van der Waals surface area contributed by atoms with Gasteiger partial charge in [0.25, 0.3) is 0 Å². The second-order valence-corrected chi connectivity index (χ2v) is 4.35. The normalized spacial score (nSPS) is 10.7. The van der Waals surface area contributed by atoms with Gasteiger partial charge in [-0.1, -0.05) is 0 Å². The molecule has 0 unspecified atom stereocenters. The molecule has 2 aromatic heterocycles. The molecule has 3 heteroatoms. The number of hydrogen-bond acceptors (Lipinski definition) is 3. The minimum absolute atomic E-state index is 0.749. The van der Waals surface area contributed by atoms with Gasteiger partial charge in [-0.05, 0) is 47.7 Å². The van der Waals surface area contributed by atoms with Crippen LogP contribution in [0.25, 0.3) is 21.9 Å². The van der Waals surface area contributed by atoms with Crippen LogP contribution >= 0.6 is 0 Å². The molecule has 0 aliphatic carbocycles. The van der Waals surface area contributed by atoms with E-state index in [0.29, 0.717) is 0 Å². The van der Waals surface area contributed by atoms with Crippen LogP contribution in [0.5, 0.6) is 0 Å². The first-order valence-electron chi connectivity index (χ1n) is 5.80. The molecule has 0 amide bonds. The Bertz CT molecular complexity index is 720. The summed E-state index contributed by atoms with van der Waals surface area (Å²) in [6.45, 7) is 2.07. The number of hydrogen-bond donors (Lipinski definition) is 1.